The first-order valence-corrected chi connectivity index (χ1v) is 9.66. The lowest BCUT2D eigenvalue weighted by Crippen LogP contribution is -2.41. The van der Waals surface area contributed by atoms with E-state index in [0.29, 0.717) is 6.04 Å². The molecule has 0 spiro atoms. The summed E-state index contributed by atoms with van der Waals surface area (Å²) in [5.74, 6) is 1.03. The van der Waals surface area contributed by atoms with Crippen molar-refractivity contribution in [2.45, 2.75) is 57.1 Å². The highest BCUT2D eigenvalue weighted by Crippen LogP contribution is 2.28. The lowest BCUT2D eigenvalue weighted by molar-refractivity contribution is 0.0609. The fourth-order valence-electron chi connectivity index (χ4n) is 4.23. The fourth-order valence-corrected chi connectivity index (χ4v) is 4.23. The largest absolute Gasteiger partial charge is 0.490 e. The molecule has 0 N–H and O–H groups in total. The Bertz CT molecular complexity index is 767. The summed E-state index contributed by atoms with van der Waals surface area (Å²) in [6.45, 7) is 0. The van der Waals surface area contributed by atoms with Crippen LogP contribution in [0.1, 0.15) is 53.6 Å². The van der Waals surface area contributed by atoms with E-state index in [1.54, 1.807) is 12.4 Å². The van der Waals surface area contributed by atoms with Gasteiger partial charge in [0.05, 0.1) is 6.10 Å². The van der Waals surface area contributed by atoms with Crippen molar-refractivity contribution >= 4 is 5.91 Å². The number of rotatable bonds is 4. The van der Waals surface area contributed by atoms with Gasteiger partial charge in [-0.3, -0.25) is 9.78 Å². The third kappa shape index (κ3) is 3.59. The monoisotopic (exact) mass is 350 g/mol. The number of nitrogens with zero attached hydrogens (tertiary/aromatic N) is 2. The number of fused-ring (bicyclic) bond motifs is 1. The highest BCUT2D eigenvalue weighted by atomic mass is 16.5. The zero-order chi connectivity index (χ0) is 17.9. The topological polar surface area (TPSA) is 42.4 Å². The lowest BCUT2D eigenvalue weighted by atomic mass is 9.91. The van der Waals surface area contributed by atoms with Crippen LogP contribution in [0.25, 0.3) is 0 Å². The average Bonchev–Trinajstić information content (AvgIpc) is 3.16. The molecule has 2 aliphatic rings. The first kappa shape index (κ1) is 17.1. The molecule has 0 unspecified atom stereocenters. The number of aryl methyl sites for hydroxylation is 2. The molecule has 1 amide bonds. The molecule has 2 aromatic rings. The van der Waals surface area contributed by atoms with E-state index >= 15 is 0 Å². The van der Waals surface area contributed by atoms with Crippen LogP contribution < -0.4 is 4.74 Å². The summed E-state index contributed by atoms with van der Waals surface area (Å²) in [6, 6.07) is 10.3. The zero-order valence-electron chi connectivity index (χ0n) is 15.4. The number of pyridine rings is 1. The zero-order valence-corrected chi connectivity index (χ0v) is 15.4. The molecule has 0 aliphatic heterocycles. The standard InChI is InChI=1S/C22H26N2O2/c1-24(22(25)18-6-5-16-3-2-4-17(16)15-18)19-7-9-20(10-8-19)26-21-11-13-23-14-12-21/h5-6,11-15,19-20H,2-4,7-10H2,1H3. The Labute approximate surface area is 155 Å². The van der Waals surface area contributed by atoms with Crippen molar-refractivity contribution in [3.05, 3.63) is 59.4 Å². The second-order valence-corrected chi connectivity index (χ2v) is 7.48. The fraction of sp³-hybridized carbons (Fsp3) is 0.455. The van der Waals surface area contributed by atoms with Crippen LogP contribution in [0.3, 0.4) is 0 Å². The number of carbonyl (C=O) groups is 1. The number of benzene rings is 1. The Morgan fingerprint density at radius 1 is 1.04 bits per heavy atom. The van der Waals surface area contributed by atoms with E-state index in [2.05, 4.69) is 17.1 Å². The first-order valence-electron chi connectivity index (χ1n) is 9.66. The van der Waals surface area contributed by atoms with Crippen LogP contribution in [0.2, 0.25) is 0 Å². The average molecular weight is 350 g/mol. The highest BCUT2D eigenvalue weighted by Gasteiger charge is 2.28. The van der Waals surface area contributed by atoms with Crippen molar-refractivity contribution in [1.29, 1.82) is 0 Å². The quantitative estimate of drug-likeness (QED) is 0.836. The SMILES string of the molecule is CN(C(=O)c1ccc2c(c1)CCC2)C1CCC(Oc2ccncc2)CC1. The van der Waals surface area contributed by atoms with E-state index in [9.17, 15) is 4.79 Å². The molecule has 0 bridgehead atoms. The third-order valence-corrected chi connectivity index (χ3v) is 5.81. The second-order valence-electron chi connectivity index (χ2n) is 7.48. The molecule has 4 rings (SSSR count). The molecular weight excluding hydrogens is 324 g/mol. The summed E-state index contributed by atoms with van der Waals surface area (Å²) in [5.41, 5.74) is 3.61. The van der Waals surface area contributed by atoms with E-state index in [-0.39, 0.29) is 12.0 Å². The van der Waals surface area contributed by atoms with Crippen LogP contribution in [0.5, 0.6) is 5.75 Å². The van der Waals surface area contributed by atoms with Gasteiger partial charge in [0.1, 0.15) is 5.75 Å². The minimum Gasteiger partial charge on any atom is -0.490 e. The molecule has 0 atom stereocenters. The molecule has 26 heavy (non-hydrogen) atoms. The van der Waals surface area contributed by atoms with Crippen LogP contribution in [-0.4, -0.2) is 35.0 Å². The molecule has 0 radical (unpaired) electrons. The van der Waals surface area contributed by atoms with Crippen molar-refractivity contribution < 1.29 is 9.53 Å². The predicted molar refractivity (Wildman–Crippen MR) is 101 cm³/mol. The van der Waals surface area contributed by atoms with Gasteiger partial charge in [-0.15, -0.1) is 0 Å². The third-order valence-electron chi connectivity index (χ3n) is 5.81. The van der Waals surface area contributed by atoms with Gasteiger partial charge in [0.15, 0.2) is 0 Å². The molecule has 1 saturated carbocycles. The molecule has 2 aliphatic carbocycles. The molecule has 4 nitrogen and oxygen atoms in total. The molecule has 1 heterocycles. The summed E-state index contributed by atoms with van der Waals surface area (Å²) in [7, 11) is 1.95. The molecule has 1 aromatic carbocycles. The molecule has 136 valence electrons. The lowest BCUT2D eigenvalue weighted by Gasteiger charge is -2.35. The maximum absolute atomic E-state index is 12.9. The Balaban J connectivity index is 1.34. The predicted octanol–water partition coefficient (Wildman–Crippen LogP) is 4.03. The van der Waals surface area contributed by atoms with E-state index < -0.39 is 0 Å². The Morgan fingerprint density at radius 3 is 2.54 bits per heavy atom. The number of hydrogen-bond acceptors (Lipinski definition) is 3. The van der Waals surface area contributed by atoms with Gasteiger partial charge < -0.3 is 9.64 Å². The summed E-state index contributed by atoms with van der Waals surface area (Å²) in [4.78, 5) is 18.9. The second kappa shape index (κ2) is 7.48. The first-order chi connectivity index (χ1) is 12.7. The van der Waals surface area contributed by atoms with E-state index in [0.717, 1.165) is 49.8 Å². The van der Waals surface area contributed by atoms with Crippen LogP contribution in [-0.2, 0) is 12.8 Å². The van der Waals surface area contributed by atoms with Gasteiger partial charge in [-0.2, -0.15) is 0 Å². The normalized spacial score (nSPS) is 21.9. The van der Waals surface area contributed by atoms with Crippen molar-refractivity contribution in [3.8, 4) is 5.75 Å². The van der Waals surface area contributed by atoms with E-state index in [1.807, 2.05) is 30.1 Å². The van der Waals surface area contributed by atoms with Crippen LogP contribution in [0, 0.1) is 0 Å². The highest BCUT2D eigenvalue weighted by molar-refractivity contribution is 5.94. The minimum atomic E-state index is 0.151. The molecule has 1 fully saturated rings. The number of ether oxygens (including phenoxy) is 1. The van der Waals surface area contributed by atoms with Gasteiger partial charge in [0.2, 0.25) is 0 Å². The maximum atomic E-state index is 12.9. The van der Waals surface area contributed by atoms with Crippen molar-refractivity contribution in [2.75, 3.05) is 7.05 Å². The maximum Gasteiger partial charge on any atom is 0.253 e. The van der Waals surface area contributed by atoms with E-state index in [1.165, 1.54) is 17.5 Å². The summed E-state index contributed by atoms with van der Waals surface area (Å²) in [5, 5.41) is 0. The molecule has 4 heteroatoms. The summed E-state index contributed by atoms with van der Waals surface area (Å²) >= 11 is 0. The van der Waals surface area contributed by atoms with Gasteiger partial charge in [0.25, 0.3) is 5.91 Å². The van der Waals surface area contributed by atoms with Gasteiger partial charge in [-0.1, -0.05) is 6.07 Å². The van der Waals surface area contributed by atoms with Crippen molar-refractivity contribution in [1.82, 2.24) is 9.88 Å². The molecule has 1 aromatic heterocycles. The Hall–Kier alpha value is -2.36. The Morgan fingerprint density at radius 2 is 1.77 bits per heavy atom. The van der Waals surface area contributed by atoms with E-state index in [4.69, 9.17) is 4.74 Å². The number of aromatic nitrogens is 1. The van der Waals surface area contributed by atoms with Crippen molar-refractivity contribution in [2.24, 2.45) is 0 Å². The summed E-state index contributed by atoms with van der Waals surface area (Å²) in [6.07, 6.45) is 11.2. The van der Waals surface area contributed by atoms with Crippen molar-refractivity contribution in [3.63, 3.8) is 0 Å². The minimum absolute atomic E-state index is 0.151. The molecular formula is C22H26N2O2. The Kier molecular flexibility index (Phi) is 4.91. The van der Waals surface area contributed by atoms with Gasteiger partial charge in [-0.25, -0.2) is 0 Å². The van der Waals surface area contributed by atoms with Gasteiger partial charge in [0, 0.05) is 31.0 Å². The van der Waals surface area contributed by atoms with Gasteiger partial charge in [-0.05, 0) is 80.3 Å². The molecule has 0 saturated heterocycles. The van der Waals surface area contributed by atoms with Crippen LogP contribution in [0.4, 0.5) is 0 Å². The van der Waals surface area contributed by atoms with Crippen LogP contribution in [0.15, 0.2) is 42.7 Å². The van der Waals surface area contributed by atoms with Crippen LogP contribution >= 0.6 is 0 Å². The van der Waals surface area contributed by atoms with Gasteiger partial charge >= 0.3 is 0 Å². The smallest absolute Gasteiger partial charge is 0.253 e. The number of carbonyl (C=O) groups excluding carboxylic acids is 1. The summed E-state index contributed by atoms with van der Waals surface area (Å²) < 4.78 is 6.04. The number of amides is 1. The number of hydrogen-bond donors (Lipinski definition) is 0.